The van der Waals surface area contributed by atoms with E-state index in [0.29, 0.717) is 24.0 Å². The number of alkyl halides is 3. The summed E-state index contributed by atoms with van der Waals surface area (Å²) >= 11 is 0. The number of rotatable bonds is 6. The summed E-state index contributed by atoms with van der Waals surface area (Å²) in [7, 11) is 0. The molecule has 2 aromatic carbocycles. The van der Waals surface area contributed by atoms with Crippen molar-refractivity contribution in [1.29, 1.82) is 5.26 Å². The van der Waals surface area contributed by atoms with E-state index >= 15 is 0 Å². The van der Waals surface area contributed by atoms with Crippen LogP contribution in [0.3, 0.4) is 0 Å². The Kier molecular flexibility index (Phi) is 6.88. The average Bonchev–Trinajstić information content (AvgIpc) is 3.17. The van der Waals surface area contributed by atoms with E-state index in [1.54, 1.807) is 29.7 Å². The van der Waals surface area contributed by atoms with Gasteiger partial charge in [0.15, 0.2) is 0 Å². The predicted octanol–water partition coefficient (Wildman–Crippen LogP) is 5.49. The van der Waals surface area contributed by atoms with Gasteiger partial charge in [0, 0.05) is 12.2 Å². The predicted molar refractivity (Wildman–Crippen MR) is 126 cm³/mol. The van der Waals surface area contributed by atoms with Crippen LogP contribution in [0.15, 0.2) is 48.5 Å². The molecule has 1 aliphatic rings. The van der Waals surface area contributed by atoms with Gasteiger partial charge in [-0.15, -0.1) is 0 Å². The van der Waals surface area contributed by atoms with Crippen LogP contribution in [0.5, 0.6) is 0 Å². The number of aromatic nitrogens is 1. The number of hydrogen-bond acceptors (Lipinski definition) is 3. The lowest BCUT2D eigenvalue weighted by atomic mass is 9.94. The number of amides is 1. The van der Waals surface area contributed by atoms with Crippen molar-refractivity contribution < 1.29 is 27.9 Å². The maximum atomic E-state index is 13.5. The Morgan fingerprint density at radius 1 is 1.14 bits per heavy atom. The van der Waals surface area contributed by atoms with Crippen molar-refractivity contribution in [1.82, 2.24) is 9.88 Å². The molecule has 0 fully saturated rings. The molecule has 186 valence electrons. The third-order valence-corrected chi connectivity index (χ3v) is 6.50. The first-order valence-corrected chi connectivity index (χ1v) is 11.5. The fourth-order valence-corrected chi connectivity index (χ4v) is 4.69. The van der Waals surface area contributed by atoms with Crippen molar-refractivity contribution >= 4 is 11.9 Å². The van der Waals surface area contributed by atoms with Gasteiger partial charge in [-0.25, -0.2) is 4.79 Å². The molecular formula is C27H24F3N3O3. The van der Waals surface area contributed by atoms with Crippen molar-refractivity contribution in [2.45, 2.75) is 51.4 Å². The Hall–Kier alpha value is -4.06. The lowest BCUT2D eigenvalue weighted by Gasteiger charge is -2.19. The largest absolute Gasteiger partial charge is 0.478 e. The number of fused-ring (bicyclic) bond motifs is 1. The highest BCUT2D eigenvalue weighted by Gasteiger charge is 2.32. The van der Waals surface area contributed by atoms with Gasteiger partial charge in [0.1, 0.15) is 11.8 Å². The molecule has 1 amide bonds. The summed E-state index contributed by atoms with van der Waals surface area (Å²) < 4.78 is 41.5. The molecule has 0 saturated carbocycles. The minimum atomic E-state index is -4.49. The molecule has 0 bridgehead atoms. The SMILES string of the molecule is CC(NC(=O)c1c(C#N)c2c(n1Cc1cccc(C(F)(F)F)c1)CCCC2)c1ccc(C(=O)O)cc1. The molecule has 6 nitrogen and oxygen atoms in total. The van der Waals surface area contributed by atoms with Crippen LogP contribution in [0, 0.1) is 11.3 Å². The van der Waals surface area contributed by atoms with Gasteiger partial charge in [-0.3, -0.25) is 4.79 Å². The first-order chi connectivity index (χ1) is 17.1. The molecule has 1 atom stereocenters. The number of carboxylic acids is 1. The standard InChI is InChI=1S/C27H24F3N3O3/c1-16(18-9-11-19(12-10-18)26(35)36)32-25(34)24-22(14-31)21-7-2-3-8-23(21)33(24)15-17-5-4-6-20(13-17)27(28,29)30/h4-6,9-13,16H,2-3,7-8,15H2,1H3,(H,32,34)(H,35,36). The first kappa shape index (κ1) is 25.0. The smallest absolute Gasteiger partial charge is 0.416 e. The zero-order valence-electron chi connectivity index (χ0n) is 19.5. The molecule has 4 rings (SSSR count). The zero-order chi connectivity index (χ0) is 26.0. The van der Waals surface area contributed by atoms with Gasteiger partial charge in [-0.2, -0.15) is 18.4 Å². The maximum Gasteiger partial charge on any atom is 0.416 e. The van der Waals surface area contributed by atoms with Crippen LogP contribution in [-0.4, -0.2) is 21.6 Å². The molecule has 9 heteroatoms. The summed E-state index contributed by atoms with van der Waals surface area (Å²) in [6.07, 6.45) is -1.51. The van der Waals surface area contributed by atoms with Crippen molar-refractivity contribution in [2.24, 2.45) is 0 Å². The van der Waals surface area contributed by atoms with E-state index in [1.807, 2.05) is 0 Å². The summed E-state index contributed by atoms with van der Waals surface area (Å²) in [6.45, 7) is 1.76. The monoisotopic (exact) mass is 495 g/mol. The fourth-order valence-electron chi connectivity index (χ4n) is 4.69. The van der Waals surface area contributed by atoms with E-state index in [4.69, 9.17) is 5.11 Å². The molecule has 0 aliphatic heterocycles. The molecule has 3 aromatic rings. The highest BCUT2D eigenvalue weighted by Crippen LogP contribution is 2.33. The quantitative estimate of drug-likeness (QED) is 0.473. The normalized spacial score (nSPS) is 14.0. The minimum absolute atomic E-state index is 0.0262. The second kappa shape index (κ2) is 9.90. The van der Waals surface area contributed by atoms with Crippen LogP contribution in [0.4, 0.5) is 13.2 Å². The highest BCUT2D eigenvalue weighted by molar-refractivity contribution is 5.96. The first-order valence-electron chi connectivity index (χ1n) is 11.5. The van der Waals surface area contributed by atoms with Crippen LogP contribution < -0.4 is 5.32 Å². The minimum Gasteiger partial charge on any atom is -0.478 e. The Morgan fingerprint density at radius 2 is 1.83 bits per heavy atom. The lowest BCUT2D eigenvalue weighted by molar-refractivity contribution is -0.137. The third-order valence-electron chi connectivity index (χ3n) is 6.50. The molecule has 0 radical (unpaired) electrons. The summed E-state index contributed by atoms with van der Waals surface area (Å²) in [6, 6.07) is 12.7. The average molecular weight is 496 g/mol. The molecular weight excluding hydrogens is 471 g/mol. The molecule has 0 spiro atoms. The number of nitrogens with zero attached hydrogens (tertiary/aromatic N) is 2. The summed E-state index contributed by atoms with van der Waals surface area (Å²) in [4.78, 5) is 24.6. The Balaban J connectivity index is 1.70. The Morgan fingerprint density at radius 3 is 2.47 bits per heavy atom. The van der Waals surface area contributed by atoms with E-state index in [0.717, 1.165) is 36.2 Å². The highest BCUT2D eigenvalue weighted by atomic mass is 19.4. The topological polar surface area (TPSA) is 95.1 Å². The molecule has 1 unspecified atom stereocenters. The summed E-state index contributed by atoms with van der Waals surface area (Å²) in [5, 5.41) is 21.9. The van der Waals surface area contributed by atoms with Crippen LogP contribution in [0.2, 0.25) is 0 Å². The van der Waals surface area contributed by atoms with Crippen molar-refractivity contribution in [2.75, 3.05) is 0 Å². The third kappa shape index (κ3) is 4.98. The van der Waals surface area contributed by atoms with E-state index in [1.165, 1.54) is 18.2 Å². The van der Waals surface area contributed by atoms with Crippen molar-refractivity contribution in [3.63, 3.8) is 0 Å². The number of carbonyl (C=O) groups is 2. The molecule has 36 heavy (non-hydrogen) atoms. The van der Waals surface area contributed by atoms with Crippen LogP contribution in [0.1, 0.15) is 80.2 Å². The number of carbonyl (C=O) groups excluding carboxylic acids is 1. The number of hydrogen-bond donors (Lipinski definition) is 2. The van der Waals surface area contributed by atoms with Crippen molar-refractivity contribution in [3.05, 3.63) is 93.3 Å². The van der Waals surface area contributed by atoms with Gasteiger partial charge in [0.05, 0.1) is 22.7 Å². The van der Waals surface area contributed by atoms with Gasteiger partial charge in [-0.05, 0) is 73.6 Å². The van der Waals surface area contributed by atoms with Gasteiger partial charge in [0.25, 0.3) is 5.91 Å². The van der Waals surface area contributed by atoms with Gasteiger partial charge in [-0.1, -0.05) is 24.3 Å². The van der Waals surface area contributed by atoms with E-state index in [9.17, 15) is 28.0 Å². The molecule has 2 N–H and O–H groups in total. The molecule has 1 heterocycles. The number of aromatic carboxylic acids is 1. The number of halogens is 3. The van der Waals surface area contributed by atoms with Gasteiger partial charge < -0.3 is 15.0 Å². The Labute approximate surface area is 206 Å². The summed E-state index contributed by atoms with van der Waals surface area (Å²) in [5.41, 5.74) is 2.37. The second-order valence-corrected chi connectivity index (χ2v) is 8.87. The molecule has 1 aliphatic carbocycles. The van der Waals surface area contributed by atoms with Crippen LogP contribution >= 0.6 is 0 Å². The number of nitrogens with one attached hydrogen (secondary N) is 1. The number of benzene rings is 2. The Bertz CT molecular complexity index is 1350. The zero-order valence-corrected chi connectivity index (χ0v) is 19.5. The van der Waals surface area contributed by atoms with E-state index in [-0.39, 0.29) is 23.4 Å². The van der Waals surface area contributed by atoms with Crippen LogP contribution in [-0.2, 0) is 25.6 Å². The van der Waals surface area contributed by atoms with E-state index < -0.39 is 29.7 Å². The van der Waals surface area contributed by atoms with Gasteiger partial charge in [0.2, 0.25) is 0 Å². The molecule has 1 aromatic heterocycles. The number of carboxylic acid groups (broad SMARTS) is 1. The van der Waals surface area contributed by atoms with Crippen molar-refractivity contribution in [3.8, 4) is 6.07 Å². The maximum absolute atomic E-state index is 13.5. The van der Waals surface area contributed by atoms with E-state index in [2.05, 4.69) is 11.4 Å². The molecule has 0 saturated heterocycles. The van der Waals surface area contributed by atoms with Gasteiger partial charge >= 0.3 is 12.1 Å². The lowest BCUT2D eigenvalue weighted by Crippen LogP contribution is -2.30. The second-order valence-electron chi connectivity index (χ2n) is 8.87. The summed E-state index contributed by atoms with van der Waals surface area (Å²) in [5.74, 6) is -1.57. The van der Waals surface area contributed by atoms with Crippen LogP contribution in [0.25, 0.3) is 0 Å². The fraction of sp³-hybridized carbons (Fsp3) is 0.296. The number of nitriles is 1.